The average molecular weight is 185 g/mol. The van der Waals surface area contributed by atoms with Crippen molar-refractivity contribution in [3.05, 3.63) is 18.7 Å². The fourth-order valence-corrected chi connectivity index (χ4v) is 2.00. The maximum absolute atomic E-state index is 3.04. The maximum Gasteiger partial charge on any atom is 0.241 e. The highest BCUT2D eigenvalue weighted by Gasteiger charge is 2.03. The van der Waals surface area contributed by atoms with Crippen LogP contribution in [0.15, 0.2) is 18.7 Å². The molecule has 1 atom stereocenters. The second-order valence-corrected chi connectivity index (χ2v) is 4.62. The largest absolute Gasteiger partial charge is 0.250 e. The van der Waals surface area contributed by atoms with E-state index in [1.807, 2.05) is 24.3 Å². The quantitative estimate of drug-likeness (QED) is 0.694. The third-order valence-electron chi connectivity index (χ3n) is 1.85. The molecule has 0 saturated heterocycles. The molecule has 2 nitrogen and oxygen atoms in total. The number of rotatable bonds is 5. The van der Waals surface area contributed by atoms with Gasteiger partial charge in [-0.25, -0.2) is 4.57 Å². The van der Waals surface area contributed by atoms with Crippen LogP contribution in [-0.2, 0) is 6.54 Å². The summed E-state index contributed by atoms with van der Waals surface area (Å²) in [6, 6.07) is 0. The van der Waals surface area contributed by atoms with Crippen molar-refractivity contribution in [1.29, 1.82) is 0 Å². The van der Waals surface area contributed by atoms with E-state index in [1.54, 1.807) is 0 Å². The van der Waals surface area contributed by atoms with Crippen LogP contribution in [0.1, 0.15) is 20.3 Å². The number of nitrogens with zero attached hydrogens (tertiary/aromatic N) is 1. The summed E-state index contributed by atoms with van der Waals surface area (Å²) in [5, 5.41) is 0.775. The lowest BCUT2D eigenvalue weighted by atomic mass is 10.3. The number of aromatic amines is 1. The number of hydrogen-bond donors (Lipinski definition) is 1. The van der Waals surface area contributed by atoms with Gasteiger partial charge in [0, 0.05) is 5.25 Å². The van der Waals surface area contributed by atoms with E-state index in [0.29, 0.717) is 0 Å². The van der Waals surface area contributed by atoms with E-state index < -0.39 is 0 Å². The zero-order valence-electron chi connectivity index (χ0n) is 7.79. The highest BCUT2D eigenvalue weighted by atomic mass is 32.2. The van der Waals surface area contributed by atoms with Gasteiger partial charge in [-0.2, -0.15) is 11.8 Å². The summed E-state index contributed by atoms with van der Waals surface area (Å²) in [5.41, 5.74) is 0. The monoisotopic (exact) mass is 185 g/mol. The van der Waals surface area contributed by atoms with Crippen molar-refractivity contribution < 1.29 is 4.57 Å². The second-order valence-electron chi connectivity index (χ2n) is 2.90. The van der Waals surface area contributed by atoms with Crippen LogP contribution in [0.5, 0.6) is 0 Å². The van der Waals surface area contributed by atoms with Gasteiger partial charge in [0.15, 0.2) is 0 Å². The minimum absolute atomic E-state index is 0.775. The van der Waals surface area contributed by atoms with Gasteiger partial charge >= 0.3 is 0 Å². The molecular formula is C9H17N2S+. The van der Waals surface area contributed by atoms with E-state index in [-0.39, 0.29) is 0 Å². The van der Waals surface area contributed by atoms with Crippen molar-refractivity contribution >= 4 is 11.8 Å². The Kier molecular flexibility index (Phi) is 4.22. The SMILES string of the molecule is CCSC(C)CC[n+]1cc[nH]c1. The Bertz CT molecular complexity index is 196. The Morgan fingerprint density at radius 1 is 1.58 bits per heavy atom. The van der Waals surface area contributed by atoms with Gasteiger partial charge in [0.1, 0.15) is 12.4 Å². The van der Waals surface area contributed by atoms with Gasteiger partial charge in [0.2, 0.25) is 6.33 Å². The van der Waals surface area contributed by atoms with Crippen LogP contribution in [0.25, 0.3) is 0 Å². The van der Waals surface area contributed by atoms with E-state index >= 15 is 0 Å². The van der Waals surface area contributed by atoms with Crippen LogP contribution in [0.4, 0.5) is 0 Å². The molecule has 0 aliphatic carbocycles. The molecule has 0 radical (unpaired) electrons. The van der Waals surface area contributed by atoms with Crippen LogP contribution in [0.2, 0.25) is 0 Å². The summed E-state index contributed by atoms with van der Waals surface area (Å²) in [6.45, 7) is 5.63. The molecule has 12 heavy (non-hydrogen) atoms. The number of aryl methyl sites for hydroxylation is 1. The highest BCUT2D eigenvalue weighted by Crippen LogP contribution is 2.12. The predicted molar refractivity (Wildman–Crippen MR) is 53.2 cm³/mol. The molecule has 1 heterocycles. The summed E-state index contributed by atoms with van der Waals surface area (Å²) in [6.07, 6.45) is 7.28. The molecule has 1 N–H and O–H groups in total. The van der Waals surface area contributed by atoms with Crippen molar-refractivity contribution in [3.8, 4) is 0 Å². The number of H-pyrrole nitrogens is 1. The molecule has 1 aromatic rings. The molecular weight excluding hydrogens is 168 g/mol. The fourth-order valence-electron chi connectivity index (χ4n) is 1.16. The van der Waals surface area contributed by atoms with Gasteiger partial charge in [0.25, 0.3) is 0 Å². The van der Waals surface area contributed by atoms with Gasteiger partial charge < -0.3 is 0 Å². The zero-order valence-corrected chi connectivity index (χ0v) is 8.60. The molecule has 68 valence electrons. The first-order valence-corrected chi connectivity index (χ1v) is 5.51. The highest BCUT2D eigenvalue weighted by molar-refractivity contribution is 7.99. The molecule has 1 unspecified atom stereocenters. The Balaban J connectivity index is 2.17. The molecule has 0 aromatic carbocycles. The molecule has 3 heteroatoms. The van der Waals surface area contributed by atoms with Crippen LogP contribution in [-0.4, -0.2) is 16.0 Å². The molecule has 0 aliphatic heterocycles. The van der Waals surface area contributed by atoms with Crippen molar-refractivity contribution in [3.63, 3.8) is 0 Å². The molecule has 0 spiro atoms. The average Bonchev–Trinajstić information content (AvgIpc) is 2.53. The van der Waals surface area contributed by atoms with Gasteiger partial charge in [-0.05, 0) is 12.2 Å². The van der Waals surface area contributed by atoms with E-state index in [0.717, 1.165) is 11.8 Å². The summed E-state index contributed by atoms with van der Waals surface area (Å²) in [5.74, 6) is 1.22. The van der Waals surface area contributed by atoms with Crippen LogP contribution < -0.4 is 4.57 Å². The first-order valence-electron chi connectivity index (χ1n) is 4.46. The molecule has 0 aliphatic rings. The fraction of sp³-hybridized carbons (Fsp3) is 0.667. The Labute approximate surface area is 78.4 Å². The topological polar surface area (TPSA) is 19.7 Å². The van der Waals surface area contributed by atoms with Gasteiger partial charge in [-0.1, -0.05) is 13.8 Å². The molecule has 1 aromatic heterocycles. The van der Waals surface area contributed by atoms with Gasteiger partial charge in [-0.15, -0.1) is 0 Å². The van der Waals surface area contributed by atoms with E-state index in [2.05, 4.69) is 29.6 Å². The van der Waals surface area contributed by atoms with Gasteiger partial charge in [-0.3, -0.25) is 4.98 Å². The van der Waals surface area contributed by atoms with Crippen LogP contribution >= 0.6 is 11.8 Å². The molecule has 0 amide bonds. The smallest absolute Gasteiger partial charge is 0.241 e. The van der Waals surface area contributed by atoms with E-state index in [9.17, 15) is 0 Å². The van der Waals surface area contributed by atoms with Crippen LogP contribution in [0.3, 0.4) is 0 Å². The third-order valence-corrected chi connectivity index (χ3v) is 2.99. The zero-order chi connectivity index (χ0) is 8.81. The maximum atomic E-state index is 3.04. The number of hydrogen-bond acceptors (Lipinski definition) is 1. The first kappa shape index (κ1) is 9.65. The number of imidazole rings is 1. The third kappa shape index (κ3) is 3.30. The van der Waals surface area contributed by atoms with E-state index in [4.69, 9.17) is 0 Å². The van der Waals surface area contributed by atoms with Gasteiger partial charge in [0.05, 0.1) is 6.54 Å². The summed E-state index contributed by atoms with van der Waals surface area (Å²) >= 11 is 2.03. The molecule has 0 bridgehead atoms. The standard InChI is InChI=1S/C9H16N2S/c1-3-12-9(2)4-6-11-7-5-10-8-11/h5,7-9H,3-4,6H2,1-2H3/p+1. The summed E-state index contributed by atoms with van der Waals surface area (Å²) in [7, 11) is 0. The lowest BCUT2D eigenvalue weighted by Crippen LogP contribution is -2.31. The van der Waals surface area contributed by atoms with Crippen molar-refractivity contribution in [2.24, 2.45) is 0 Å². The number of aromatic nitrogens is 2. The van der Waals surface area contributed by atoms with Crippen molar-refractivity contribution in [2.75, 3.05) is 5.75 Å². The van der Waals surface area contributed by atoms with Crippen molar-refractivity contribution in [1.82, 2.24) is 4.98 Å². The molecule has 0 saturated carbocycles. The lowest BCUT2D eigenvalue weighted by molar-refractivity contribution is -0.695. The molecule has 1 rings (SSSR count). The Morgan fingerprint density at radius 3 is 3.00 bits per heavy atom. The number of nitrogens with one attached hydrogen (secondary N) is 1. The second kappa shape index (κ2) is 5.25. The normalized spacial score (nSPS) is 13.2. The van der Waals surface area contributed by atoms with E-state index in [1.165, 1.54) is 12.2 Å². The summed E-state index contributed by atoms with van der Waals surface area (Å²) in [4.78, 5) is 3.04. The minimum Gasteiger partial charge on any atom is -0.250 e. The minimum atomic E-state index is 0.775. The van der Waals surface area contributed by atoms with Crippen LogP contribution in [0, 0.1) is 0 Å². The lowest BCUT2D eigenvalue weighted by Gasteiger charge is -2.06. The number of thioether (sulfide) groups is 1. The van der Waals surface area contributed by atoms with Crippen molar-refractivity contribution in [2.45, 2.75) is 32.1 Å². The first-order chi connectivity index (χ1) is 5.83. The predicted octanol–water partition coefficient (Wildman–Crippen LogP) is 1.83. The Morgan fingerprint density at radius 2 is 2.42 bits per heavy atom. The Hall–Kier alpha value is -0.440. The molecule has 0 fully saturated rings. The summed E-state index contributed by atoms with van der Waals surface area (Å²) < 4.78 is 2.19.